The van der Waals surface area contributed by atoms with Crippen LogP contribution in [0.5, 0.6) is 0 Å². The lowest BCUT2D eigenvalue weighted by atomic mass is 10.2. The molecule has 0 aliphatic carbocycles. The fraction of sp³-hybridized carbons (Fsp3) is 0. The molecule has 4 nitrogen and oxygen atoms in total. The highest BCUT2D eigenvalue weighted by Gasteiger charge is 1.99. The largest absolute Gasteiger partial charge is 0.478 e. The van der Waals surface area contributed by atoms with E-state index in [0.29, 0.717) is 5.69 Å². The predicted molar refractivity (Wildman–Crippen MR) is 44.5 cm³/mol. The zero-order valence-corrected chi connectivity index (χ0v) is 6.75. The number of aromatic carboxylic acids is 1. The van der Waals surface area contributed by atoms with Crippen molar-refractivity contribution in [1.29, 1.82) is 0 Å². The van der Waals surface area contributed by atoms with E-state index in [1.807, 2.05) is 0 Å². The van der Waals surface area contributed by atoms with Gasteiger partial charge in [-0.25, -0.2) is 4.79 Å². The third kappa shape index (κ3) is 2.00. The molecule has 62 valence electrons. The van der Waals surface area contributed by atoms with E-state index in [1.165, 1.54) is 24.3 Å². The van der Waals surface area contributed by atoms with Gasteiger partial charge in [-0.2, -0.15) is 0 Å². The summed E-state index contributed by atoms with van der Waals surface area (Å²) >= 11 is 0.0965. The maximum Gasteiger partial charge on any atom is 0.430 e. The van der Waals surface area contributed by atoms with Gasteiger partial charge in [0.15, 0.2) is 0 Å². The fourth-order valence-corrected chi connectivity index (χ4v) is 0.916. The molecule has 1 aromatic rings. The van der Waals surface area contributed by atoms with Crippen molar-refractivity contribution in [2.24, 2.45) is 0 Å². The Labute approximate surface area is 72.8 Å². The standard InChI is InChI=1S/C7H5NO3S/c9-7(10)5-1-3-6(4-2-5)8-12-11/h1-4H,(H,9,10). The topological polar surface area (TPSA) is 68.5 Å². The molecule has 0 fully saturated rings. The molecule has 1 aromatic carbocycles. The summed E-state index contributed by atoms with van der Waals surface area (Å²) in [6.07, 6.45) is 0. The molecule has 0 unspecified atom stereocenters. The Morgan fingerprint density at radius 2 is 1.92 bits per heavy atom. The maximum atomic E-state index is 10.4. The zero-order valence-electron chi connectivity index (χ0n) is 5.93. The molecule has 0 aromatic heterocycles. The minimum Gasteiger partial charge on any atom is -0.478 e. The minimum atomic E-state index is -0.990. The highest BCUT2D eigenvalue weighted by Crippen LogP contribution is 2.16. The SMILES string of the molecule is O=[S+][N-]c1ccc(C(=O)O)cc1. The van der Waals surface area contributed by atoms with E-state index in [0.717, 1.165) is 0 Å². The number of hydrogen-bond acceptors (Lipinski definition) is 2. The molecule has 1 rings (SSSR count). The summed E-state index contributed by atoms with van der Waals surface area (Å²) in [7, 11) is 0. The second-order valence-corrected chi connectivity index (χ2v) is 2.35. The number of rotatable bonds is 3. The van der Waals surface area contributed by atoms with Gasteiger partial charge < -0.3 is 9.83 Å². The minimum absolute atomic E-state index is 0.0965. The van der Waals surface area contributed by atoms with Crippen molar-refractivity contribution in [1.82, 2.24) is 0 Å². The van der Waals surface area contributed by atoms with E-state index in [2.05, 4.69) is 4.72 Å². The van der Waals surface area contributed by atoms with E-state index in [9.17, 15) is 9.00 Å². The van der Waals surface area contributed by atoms with Crippen LogP contribution in [0.4, 0.5) is 5.69 Å². The van der Waals surface area contributed by atoms with E-state index in [1.54, 1.807) is 0 Å². The van der Waals surface area contributed by atoms with Crippen LogP contribution in [0.15, 0.2) is 24.3 Å². The second kappa shape index (κ2) is 3.77. The first-order chi connectivity index (χ1) is 5.74. The normalized spacial score (nSPS) is 9.00. The average molecular weight is 183 g/mol. The van der Waals surface area contributed by atoms with Crippen molar-refractivity contribution in [3.8, 4) is 0 Å². The highest BCUT2D eigenvalue weighted by molar-refractivity contribution is 7.69. The summed E-state index contributed by atoms with van der Waals surface area (Å²) in [5, 5.41) is 8.51. The molecule has 0 bridgehead atoms. The van der Waals surface area contributed by atoms with Crippen molar-refractivity contribution in [3.63, 3.8) is 0 Å². The molecule has 0 spiro atoms. The summed E-state index contributed by atoms with van der Waals surface area (Å²) in [5.41, 5.74) is 0.657. The number of carboxylic acids is 1. The Hall–Kier alpha value is -1.49. The Bertz CT molecular complexity index is 296. The predicted octanol–water partition coefficient (Wildman–Crippen LogP) is 1.73. The number of benzene rings is 1. The first kappa shape index (κ1) is 8.61. The van der Waals surface area contributed by atoms with Crippen LogP contribution in [0, 0.1) is 0 Å². The molecule has 0 amide bonds. The number of nitrogens with zero attached hydrogens (tertiary/aromatic N) is 1. The molecule has 12 heavy (non-hydrogen) atoms. The van der Waals surface area contributed by atoms with Gasteiger partial charge in [-0.15, -0.1) is 0 Å². The van der Waals surface area contributed by atoms with Crippen molar-refractivity contribution >= 4 is 23.5 Å². The molecule has 0 aliphatic heterocycles. The van der Waals surface area contributed by atoms with E-state index in [4.69, 9.17) is 5.11 Å². The third-order valence-electron chi connectivity index (χ3n) is 1.26. The lowest BCUT2D eigenvalue weighted by Crippen LogP contribution is -1.94. The first-order valence-corrected chi connectivity index (χ1v) is 3.77. The van der Waals surface area contributed by atoms with Crippen molar-refractivity contribution in [2.75, 3.05) is 0 Å². The molecule has 0 saturated heterocycles. The monoisotopic (exact) mass is 183 g/mol. The van der Waals surface area contributed by atoms with Crippen LogP contribution < -0.4 is 0 Å². The molecule has 0 atom stereocenters. The van der Waals surface area contributed by atoms with Crippen LogP contribution in [-0.2, 0) is 16.1 Å². The smallest absolute Gasteiger partial charge is 0.430 e. The van der Waals surface area contributed by atoms with Gasteiger partial charge in [-0.3, -0.25) is 0 Å². The Kier molecular flexibility index (Phi) is 2.71. The lowest BCUT2D eigenvalue weighted by molar-refractivity contribution is 0.0697. The van der Waals surface area contributed by atoms with Crippen LogP contribution in [-0.4, -0.2) is 11.1 Å². The molecule has 1 N–H and O–H groups in total. The van der Waals surface area contributed by atoms with Gasteiger partial charge in [-0.1, -0.05) is 17.8 Å². The summed E-state index contributed by atoms with van der Waals surface area (Å²) in [4.78, 5) is 10.4. The fourth-order valence-electron chi connectivity index (χ4n) is 0.708. The van der Waals surface area contributed by atoms with Gasteiger partial charge >= 0.3 is 17.8 Å². The van der Waals surface area contributed by atoms with E-state index in [-0.39, 0.29) is 17.4 Å². The lowest BCUT2D eigenvalue weighted by Gasteiger charge is -2.00. The Morgan fingerprint density at radius 3 is 2.33 bits per heavy atom. The first-order valence-electron chi connectivity index (χ1n) is 3.07. The highest BCUT2D eigenvalue weighted by atomic mass is 32.2. The summed E-state index contributed by atoms with van der Waals surface area (Å²) in [6, 6.07) is 5.76. The maximum absolute atomic E-state index is 10.4. The van der Waals surface area contributed by atoms with Crippen LogP contribution in [0.1, 0.15) is 10.4 Å². The van der Waals surface area contributed by atoms with Gasteiger partial charge in [0.25, 0.3) is 0 Å². The van der Waals surface area contributed by atoms with Crippen LogP contribution in [0.25, 0.3) is 4.72 Å². The zero-order chi connectivity index (χ0) is 8.97. The third-order valence-corrected chi connectivity index (χ3v) is 1.54. The molecule has 5 heteroatoms. The van der Waals surface area contributed by atoms with Crippen LogP contribution in [0.2, 0.25) is 0 Å². The summed E-state index contributed by atoms with van der Waals surface area (Å²) in [5.74, 6) is -0.990. The van der Waals surface area contributed by atoms with E-state index >= 15 is 0 Å². The van der Waals surface area contributed by atoms with Crippen LogP contribution in [0.3, 0.4) is 0 Å². The van der Waals surface area contributed by atoms with Crippen LogP contribution >= 0.6 is 0 Å². The van der Waals surface area contributed by atoms with Gasteiger partial charge in [0, 0.05) is 4.21 Å². The molecule has 0 heterocycles. The summed E-state index contributed by atoms with van der Waals surface area (Å²) < 4.78 is 13.4. The quantitative estimate of drug-likeness (QED) is 0.573. The van der Waals surface area contributed by atoms with Gasteiger partial charge in [0.1, 0.15) is 0 Å². The van der Waals surface area contributed by atoms with Crippen molar-refractivity contribution in [2.45, 2.75) is 0 Å². The second-order valence-electron chi connectivity index (χ2n) is 2.02. The average Bonchev–Trinajstić information content (AvgIpc) is 2.06. The van der Waals surface area contributed by atoms with Crippen molar-refractivity contribution in [3.05, 3.63) is 34.6 Å². The van der Waals surface area contributed by atoms with Crippen molar-refractivity contribution < 1.29 is 14.1 Å². The number of carboxylic acid groups (broad SMARTS) is 1. The van der Waals surface area contributed by atoms with Gasteiger partial charge in [-0.05, 0) is 12.1 Å². The summed E-state index contributed by atoms with van der Waals surface area (Å²) in [6.45, 7) is 0. The molecular formula is C7H5NO3S. The molecule has 0 saturated carbocycles. The van der Waals surface area contributed by atoms with Gasteiger partial charge in [0.05, 0.1) is 5.56 Å². The van der Waals surface area contributed by atoms with Gasteiger partial charge in [0.2, 0.25) is 0 Å². The number of carbonyl (C=O) groups is 1. The molecular weight excluding hydrogens is 178 g/mol. The Morgan fingerprint density at radius 1 is 1.33 bits per heavy atom. The molecule has 0 radical (unpaired) electrons. The Balaban J connectivity index is 2.85. The van der Waals surface area contributed by atoms with E-state index < -0.39 is 5.97 Å². The number of hydrogen-bond donors (Lipinski definition) is 1. The molecule has 0 aliphatic rings.